The van der Waals surface area contributed by atoms with Crippen molar-refractivity contribution in [1.82, 2.24) is 19.4 Å². The van der Waals surface area contributed by atoms with E-state index in [2.05, 4.69) is 10.4 Å². The first-order valence-corrected chi connectivity index (χ1v) is 10.4. The Kier molecular flexibility index (Phi) is 6.08. The Bertz CT molecular complexity index is 898. The fourth-order valence-electron chi connectivity index (χ4n) is 3.10. The van der Waals surface area contributed by atoms with E-state index in [1.165, 1.54) is 10.4 Å². The van der Waals surface area contributed by atoms with Crippen LogP contribution in [-0.4, -0.2) is 48.0 Å². The van der Waals surface area contributed by atoms with Crippen molar-refractivity contribution in [3.63, 3.8) is 0 Å². The van der Waals surface area contributed by atoms with Crippen molar-refractivity contribution in [1.29, 1.82) is 0 Å². The Morgan fingerprint density at radius 2 is 1.96 bits per heavy atom. The predicted octanol–water partition coefficient (Wildman–Crippen LogP) is 1.65. The molecular formula is C19H24N4O3S. The summed E-state index contributed by atoms with van der Waals surface area (Å²) < 4.78 is 28.4. The molecule has 8 heteroatoms. The number of carbonyl (C=O) groups is 1. The van der Waals surface area contributed by atoms with Crippen LogP contribution in [0.5, 0.6) is 0 Å². The Morgan fingerprint density at radius 3 is 2.59 bits per heavy atom. The summed E-state index contributed by atoms with van der Waals surface area (Å²) in [5.74, 6) is 0.126. The lowest BCUT2D eigenvalue weighted by Gasteiger charge is -2.31. The van der Waals surface area contributed by atoms with E-state index < -0.39 is 10.0 Å². The van der Waals surface area contributed by atoms with Crippen LogP contribution in [0.4, 0.5) is 0 Å². The Balaban J connectivity index is 1.45. The second-order valence-electron chi connectivity index (χ2n) is 6.69. The van der Waals surface area contributed by atoms with Gasteiger partial charge in [0.1, 0.15) is 0 Å². The average Bonchev–Trinajstić information content (AvgIpc) is 3.11. The molecule has 0 radical (unpaired) electrons. The number of nitrogens with zero attached hydrogens (tertiary/aromatic N) is 3. The number of benzene rings is 1. The summed E-state index contributed by atoms with van der Waals surface area (Å²) in [6.45, 7) is 1.50. The summed E-state index contributed by atoms with van der Waals surface area (Å²) in [6.07, 6.45) is 8.19. The molecule has 0 aliphatic carbocycles. The fourth-order valence-corrected chi connectivity index (χ4v) is 4.59. The second kappa shape index (κ2) is 8.49. The number of aromatic nitrogens is 2. The lowest BCUT2D eigenvalue weighted by Crippen LogP contribution is -2.41. The zero-order valence-electron chi connectivity index (χ0n) is 15.3. The van der Waals surface area contributed by atoms with E-state index in [-0.39, 0.29) is 11.8 Å². The highest BCUT2D eigenvalue weighted by atomic mass is 32.2. The summed E-state index contributed by atoms with van der Waals surface area (Å²) in [5, 5.41) is 6.94. The van der Waals surface area contributed by atoms with Crippen molar-refractivity contribution in [2.45, 2.75) is 17.7 Å². The molecule has 0 spiro atoms. The van der Waals surface area contributed by atoms with Gasteiger partial charge in [-0.1, -0.05) is 18.2 Å². The largest absolute Gasteiger partial charge is 0.352 e. The molecular weight excluding hydrogens is 364 g/mol. The molecule has 0 saturated carbocycles. The van der Waals surface area contributed by atoms with E-state index in [9.17, 15) is 13.2 Å². The molecule has 27 heavy (non-hydrogen) atoms. The molecule has 1 fully saturated rings. The van der Waals surface area contributed by atoms with Gasteiger partial charge in [-0.2, -0.15) is 9.40 Å². The van der Waals surface area contributed by atoms with Gasteiger partial charge in [0, 0.05) is 44.5 Å². The van der Waals surface area contributed by atoms with E-state index in [1.807, 2.05) is 13.2 Å². The number of sulfonamides is 1. The first-order chi connectivity index (χ1) is 12.9. The van der Waals surface area contributed by atoms with Crippen LogP contribution in [0.1, 0.15) is 18.4 Å². The number of piperidine rings is 1. The molecule has 2 aromatic rings. The third-order valence-corrected chi connectivity index (χ3v) is 6.58. The first-order valence-electron chi connectivity index (χ1n) is 8.95. The Hall–Kier alpha value is -2.45. The SMILES string of the molecule is Cn1cc(/C=C/C(=O)NCC2CCN(S(=O)(=O)c3ccccc3)CC2)cn1. The van der Waals surface area contributed by atoms with Crippen LogP contribution >= 0.6 is 0 Å². The molecule has 1 aromatic heterocycles. The number of hydrogen-bond donors (Lipinski definition) is 1. The zero-order chi connectivity index (χ0) is 19.3. The lowest BCUT2D eigenvalue weighted by molar-refractivity contribution is -0.116. The number of aryl methyl sites for hydroxylation is 1. The van der Waals surface area contributed by atoms with Gasteiger partial charge in [-0.25, -0.2) is 8.42 Å². The van der Waals surface area contributed by atoms with E-state index in [4.69, 9.17) is 0 Å². The van der Waals surface area contributed by atoms with Crippen LogP contribution in [-0.2, 0) is 21.9 Å². The molecule has 1 saturated heterocycles. The van der Waals surface area contributed by atoms with Gasteiger partial charge in [-0.05, 0) is 37.0 Å². The van der Waals surface area contributed by atoms with Crippen LogP contribution in [0.25, 0.3) is 6.08 Å². The molecule has 3 rings (SSSR count). The highest BCUT2D eigenvalue weighted by Crippen LogP contribution is 2.23. The maximum Gasteiger partial charge on any atom is 0.244 e. The minimum Gasteiger partial charge on any atom is -0.352 e. The van der Waals surface area contributed by atoms with Crippen molar-refractivity contribution in [2.75, 3.05) is 19.6 Å². The summed E-state index contributed by atoms with van der Waals surface area (Å²) in [6, 6.07) is 8.51. The molecule has 1 aliphatic heterocycles. The molecule has 1 N–H and O–H groups in total. The maximum absolute atomic E-state index is 12.6. The molecule has 144 valence electrons. The van der Waals surface area contributed by atoms with Gasteiger partial charge in [0.05, 0.1) is 11.1 Å². The predicted molar refractivity (Wildman–Crippen MR) is 103 cm³/mol. The van der Waals surface area contributed by atoms with Gasteiger partial charge >= 0.3 is 0 Å². The van der Waals surface area contributed by atoms with Crippen LogP contribution in [0, 0.1) is 5.92 Å². The monoisotopic (exact) mass is 388 g/mol. The van der Waals surface area contributed by atoms with E-state index in [0.29, 0.717) is 24.5 Å². The quantitative estimate of drug-likeness (QED) is 0.763. The third kappa shape index (κ3) is 5.05. The van der Waals surface area contributed by atoms with Crippen LogP contribution in [0.3, 0.4) is 0 Å². The number of rotatable bonds is 6. The van der Waals surface area contributed by atoms with Crippen molar-refractivity contribution in [3.8, 4) is 0 Å². The highest BCUT2D eigenvalue weighted by Gasteiger charge is 2.29. The standard InChI is InChI=1S/C19H24N4O3S/c1-22-15-17(14-21-22)7-8-19(24)20-13-16-9-11-23(12-10-16)27(25,26)18-5-3-2-4-6-18/h2-8,14-16H,9-13H2,1H3,(H,20,24)/b8-7+. The van der Waals surface area contributed by atoms with Crippen molar-refractivity contribution < 1.29 is 13.2 Å². The van der Waals surface area contributed by atoms with Crippen LogP contribution < -0.4 is 5.32 Å². The minimum absolute atomic E-state index is 0.154. The lowest BCUT2D eigenvalue weighted by atomic mass is 9.98. The van der Waals surface area contributed by atoms with Gasteiger partial charge in [0.2, 0.25) is 15.9 Å². The van der Waals surface area contributed by atoms with Crippen LogP contribution in [0.15, 0.2) is 53.7 Å². The van der Waals surface area contributed by atoms with Crippen LogP contribution in [0.2, 0.25) is 0 Å². The van der Waals surface area contributed by atoms with Crippen molar-refractivity contribution in [2.24, 2.45) is 13.0 Å². The number of nitrogens with one attached hydrogen (secondary N) is 1. The normalized spacial score (nSPS) is 16.6. The van der Waals surface area contributed by atoms with Crippen molar-refractivity contribution >= 4 is 22.0 Å². The second-order valence-corrected chi connectivity index (χ2v) is 8.62. The Morgan fingerprint density at radius 1 is 1.26 bits per heavy atom. The summed E-state index contributed by atoms with van der Waals surface area (Å²) in [7, 11) is -1.61. The third-order valence-electron chi connectivity index (χ3n) is 4.67. The highest BCUT2D eigenvalue weighted by molar-refractivity contribution is 7.89. The molecule has 0 atom stereocenters. The molecule has 1 aromatic carbocycles. The number of hydrogen-bond acceptors (Lipinski definition) is 4. The molecule has 1 aliphatic rings. The molecule has 2 heterocycles. The fraction of sp³-hybridized carbons (Fsp3) is 0.368. The summed E-state index contributed by atoms with van der Waals surface area (Å²) in [5.41, 5.74) is 0.868. The summed E-state index contributed by atoms with van der Waals surface area (Å²) in [4.78, 5) is 12.3. The smallest absolute Gasteiger partial charge is 0.244 e. The average molecular weight is 388 g/mol. The molecule has 1 amide bonds. The van der Waals surface area contributed by atoms with Gasteiger partial charge in [-0.15, -0.1) is 0 Å². The van der Waals surface area contributed by atoms with E-state index in [0.717, 1.165) is 18.4 Å². The zero-order valence-corrected chi connectivity index (χ0v) is 16.1. The van der Waals surface area contributed by atoms with Crippen molar-refractivity contribution in [3.05, 3.63) is 54.4 Å². The number of carbonyl (C=O) groups excluding carboxylic acids is 1. The topological polar surface area (TPSA) is 84.3 Å². The van der Waals surface area contributed by atoms with E-state index in [1.54, 1.807) is 47.3 Å². The maximum atomic E-state index is 12.6. The van der Waals surface area contributed by atoms with Gasteiger partial charge in [-0.3, -0.25) is 9.48 Å². The number of amides is 1. The van der Waals surface area contributed by atoms with E-state index >= 15 is 0 Å². The first kappa shape index (κ1) is 19.3. The van der Waals surface area contributed by atoms with Gasteiger partial charge in [0.15, 0.2) is 0 Å². The molecule has 0 unspecified atom stereocenters. The molecule has 7 nitrogen and oxygen atoms in total. The summed E-state index contributed by atoms with van der Waals surface area (Å²) >= 11 is 0. The minimum atomic E-state index is -3.43. The van der Waals surface area contributed by atoms with Gasteiger partial charge < -0.3 is 5.32 Å². The Labute approximate surface area is 159 Å². The molecule has 0 bridgehead atoms. The van der Waals surface area contributed by atoms with Gasteiger partial charge in [0.25, 0.3) is 0 Å².